The van der Waals surface area contributed by atoms with Crippen LogP contribution in [0.25, 0.3) is 0 Å². The first-order valence-corrected chi connectivity index (χ1v) is 7.26. The van der Waals surface area contributed by atoms with Gasteiger partial charge in [-0.05, 0) is 31.5 Å². The normalized spacial score (nSPS) is 16.0. The summed E-state index contributed by atoms with van der Waals surface area (Å²) in [5, 5.41) is 0. The summed E-state index contributed by atoms with van der Waals surface area (Å²) in [6.45, 7) is 6.02. The van der Waals surface area contributed by atoms with Crippen LogP contribution < -0.4 is 5.73 Å². The van der Waals surface area contributed by atoms with Crippen LogP contribution in [0.4, 0.5) is 4.39 Å². The zero-order valence-corrected chi connectivity index (χ0v) is 13.4. The lowest BCUT2D eigenvalue weighted by Gasteiger charge is -2.38. The molecule has 1 aromatic rings. The zero-order chi connectivity index (χ0) is 15.8. The molecule has 4 nitrogen and oxygen atoms in total. The molecule has 0 spiro atoms. The van der Waals surface area contributed by atoms with E-state index in [1.165, 1.54) is 12.1 Å². The highest BCUT2D eigenvalue weighted by Crippen LogP contribution is 2.26. The molecule has 3 unspecified atom stereocenters. The zero-order valence-electron chi connectivity index (χ0n) is 13.4. The van der Waals surface area contributed by atoms with Gasteiger partial charge in [0.1, 0.15) is 5.82 Å². The predicted molar refractivity (Wildman–Crippen MR) is 82.7 cm³/mol. The number of halogens is 1. The Morgan fingerprint density at radius 2 is 1.76 bits per heavy atom. The van der Waals surface area contributed by atoms with Crippen LogP contribution in [0, 0.1) is 5.82 Å². The van der Waals surface area contributed by atoms with Gasteiger partial charge in [-0.25, -0.2) is 4.39 Å². The molecule has 0 amide bonds. The van der Waals surface area contributed by atoms with Gasteiger partial charge in [-0.2, -0.15) is 0 Å². The van der Waals surface area contributed by atoms with Crippen LogP contribution in [-0.2, 0) is 9.47 Å². The van der Waals surface area contributed by atoms with Gasteiger partial charge in [0.15, 0.2) is 0 Å². The second kappa shape index (κ2) is 9.10. The van der Waals surface area contributed by atoms with Crippen molar-refractivity contribution in [3.8, 4) is 0 Å². The summed E-state index contributed by atoms with van der Waals surface area (Å²) in [7, 11) is 3.36. The van der Waals surface area contributed by atoms with Gasteiger partial charge >= 0.3 is 0 Å². The van der Waals surface area contributed by atoms with Crippen LogP contribution in [-0.4, -0.2) is 51.0 Å². The molecule has 120 valence electrons. The van der Waals surface area contributed by atoms with Gasteiger partial charge in [0, 0.05) is 32.8 Å². The van der Waals surface area contributed by atoms with E-state index in [2.05, 4.69) is 11.8 Å². The molecule has 0 aliphatic carbocycles. The van der Waals surface area contributed by atoms with E-state index < -0.39 is 0 Å². The summed E-state index contributed by atoms with van der Waals surface area (Å²) in [5.74, 6) is -0.240. The van der Waals surface area contributed by atoms with E-state index in [0.29, 0.717) is 13.2 Å². The fraction of sp³-hybridized carbons (Fsp3) is 0.625. The summed E-state index contributed by atoms with van der Waals surface area (Å²) < 4.78 is 23.6. The molecule has 0 saturated carbocycles. The maximum Gasteiger partial charge on any atom is 0.123 e. The molecule has 0 heterocycles. The van der Waals surface area contributed by atoms with Gasteiger partial charge in [0.2, 0.25) is 0 Å². The highest BCUT2D eigenvalue weighted by molar-refractivity contribution is 5.21. The maximum atomic E-state index is 13.1. The van der Waals surface area contributed by atoms with Crippen LogP contribution >= 0.6 is 0 Å². The Morgan fingerprint density at radius 1 is 1.14 bits per heavy atom. The molecule has 2 N–H and O–H groups in total. The molecule has 21 heavy (non-hydrogen) atoms. The summed E-state index contributed by atoms with van der Waals surface area (Å²) in [4.78, 5) is 2.25. The van der Waals surface area contributed by atoms with Crippen LogP contribution in [0.1, 0.15) is 25.5 Å². The second-order valence-corrected chi connectivity index (χ2v) is 5.39. The molecule has 0 radical (unpaired) electrons. The molecular formula is C16H27FN2O2. The Bertz CT molecular complexity index is 398. The maximum absolute atomic E-state index is 13.1. The summed E-state index contributed by atoms with van der Waals surface area (Å²) >= 11 is 0. The van der Waals surface area contributed by atoms with E-state index in [0.717, 1.165) is 12.1 Å². The van der Waals surface area contributed by atoms with Gasteiger partial charge in [-0.15, -0.1) is 0 Å². The summed E-state index contributed by atoms with van der Waals surface area (Å²) in [6.07, 6.45) is 0. The minimum Gasteiger partial charge on any atom is -0.383 e. The van der Waals surface area contributed by atoms with Crippen molar-refractivity contribution in [2.75, 3.05) is 34.0 Å². The number of nitrogens with two attached hydrogens (primary N) is 1. The summed E-state index contributed by atoms with van der Waals surface area (Å²) in [5.41, 5.74) is 7.20. The Morgan fingerprint density at radius 3 is 2.24 bits per heavy atom. The van der Waals surface area contributed by atoms with Gasteiger partial charge in [-0.1, -0.05) is 12.1 Å². The fourth-order valence-electron chi connectivity index (χ4n) is 2.62. The monoisotopic (exact) mass is 298 g/mol. The molecule has 0 aliphatic heterocycles. The van der Waals surface area contributed by atoms with Crippen molar-refractivity contribution in [1.29, 1.82) is 0 Å². The molecular weight excluding hydrogens is 271 g/mol. The first-order chi connectivity index (χ1) is 10.0. The van der Waals surface area contributed by atoms with Gasteiger partial charge in [0.05, 0.1) is 19.3 Å². The van der Waals surface area contributed by atoms with E-state index in [1.54, 1.807) is 26.4 Å². The SMILES string of the molecule is COCCN(C(C)COC)C(c1ccc(F)cc1)C(C)N. The molecule has 0 saturated heterocycles. The Labute approximate surface area is 127 Å². The Balaban J connectivity index is 3.03. The van der Waals surface area contributed by atoms with Crippen LogP contribution in [0.3, 0.4) is 0 Å². The first-order valence-electron chi connectivity index (χ1n) is 7.26. The lowest BCUT2D eigenvalue weighted by Crippen LogP contribution is -2.47. The van der Waals surface area contributed by atoms with E-state index >= 15 is 0 Å². The number of hydrogen-bond donors (Lipinski definition) is 1. The quantitative estimate of drug-likeness (QED) is 0.759. The summed E-state index contributed by atoms with van der Waals surface area (Å²) in [6, 6.07) is 6.62. The molecule has 0 bridgehead atoms. The largest absolute Gasteiger partial charge is 0.383 e. The molecule has 1 rings (SSSR count). The van der Waals surface area contributed by atoms with Gasteiger partial charge in [0.25, 0.3) is 0 Å². The van der Waals surface area contributed by atoms with Gasteiger partial charge in [-0.3, -0.25) is 4.90 Å². The minimum atomic E-state index is -0.240. The van der Waals surface area contributed by atoms with Crippen molar-refractivity contribution < 1.29 is 13.9 Å². The number of methoxy groups -OCH3 is 2. The third kappa shape index (κ3) is 5.36. The molecule has 0 aliphatic rings. The van der Waals surface area contributed by atoms with Gasteiger partial charge < -0.3 is 15.2 Å². The standard InChI is InChI=1S/C16H27FN2O2/c1-12(11-21-4)19(9-10-20-3)16(13(2)18)14-5-7-15(17)8-6-14/h5-8,12-13,16H,9-11,18H2,1-4H3. The van der Waals surface area contributed by atoms with E-state index in [1.807, 2.05) is 6.92 Å². The highest BCUT2D eigenvalue weighted by atomic mass is 19.1. The van der Waals surface area contributed by atoms with Crippen molar-refractivity contribution in [2.45, 2.75) is 32.0 Å². The lowest BCUT2D eigenvalue weighted by molar-refractivity contribution is 0.0400. The molecule has 3 atom stereocenters. The van der Waals surface area contributed by atoms with Crippen LogP contribution in [0.15, 0.2) is 24.3 Å². The molecule has 1 aromatic carbocycles. The van der Waals surface area contributed by atoms with Crippen molar-refractivity contribution in [1.82, 2.24) is 4.90 Å². The molecule has 0 fully saturated rings. The average molecular weight is 298 g/mol. The molecule has 5 heteroatoms. The number of rotatable bonds is 9. The number of hydrogen-bond acceptors (Lipinski definition) is 4. The van der Waals surface area contributed by atoms with Crippen LogP contribution in [0.5, 0.6) is 0 Å². The fourth-order valence-corrected chi connectivity index (χ4v) is 2.62. The van der Waals surface area contributed by atoms with E-state index in [4.69, 9.17) is 15.2 Å². The number of benzene rings is 1. The predicted octanol–water partition coefficient (Wildman–Crippen LogP) is 2.20. The third-order valence-electron chi connectivity index (χ3n) is 3.59. The van der Waals surface area contributed by atoms with Crippen molar-refractivity contribution in [3.63, 3.8) is 0 Å². The minimum absolute atomic E-state index is 0.00843. The Hall–Kier alpha value is -1.01. The Kier molecular flexibility index (Phi) is 7.82. The van der Waals surface area contributed by atoms with Crippen molar-refractivity contribution >= 4 is 0 Å². The lowest BCUT2D eigenvalue weighted by atomic mass is 9.97. The number of ether oxygens (including phenoxy) is 2. The number of nitrogens with zero attached hydrogens (tertiary/aromatic N) is 1. The topological polar surface area (TPSA) is 47.7 Å². The highest BCUT2D eigenvalue weighted by Gasteiger charge is 2.27. The van der Waals surface area contributed by atoms with Crippen LogP contribution in [0.2, 0.25) is 0 Å². The second-order valence-electron chi connectivity index (χ2n) is 5.39. The van der Waals surface area contributed by atoms with Crippen molar-refractivity contribution in [2.24, 2.45) is 5.73 Å². The van der Waals surface area contributed by atoms with Crippen molar-refractivity contribution in [3.05, 3.63) is 35.6 Å². The first kappa shape index (κ1) is 18.0. The van der Waals surface area contributed by atoms with E-state index in [-0.39, 0.29) is 23.9 Å². The smallest absolute Gasteiger partial charge is 0.123 e. The average Bonchev–Trinajstić information content (AvgIpc) is 2.44. The molecule has 0 aromatic heterocycles. The third-order valence-corrected chi connectivity index (χ3v) is 3.59. The van der Waals surface area contributed by atoms with E-state index in [9.17, 15) is 4.39 Å².